The van der Waals surface area contributed by atoms with Crippen molar-refractivity contribution < 1.29 is 23.9 Å². The van der Waals surface area contributed by atoms with Crippen LogP contribution in [0.25, 0.3) is 17.3 Å². The van der Waals surface area contributed by atoms with Crippen molar-refractivity contribution >= 4 is 57.7 Å². The van der Waals surface area contributed by atoms with Crippen molar-refractivity contribution in [1.29, 1.82) is 0 Å². The number of thiazole rings is 1. The van der Waals surface area contributed by atoms with Crippen molar-refractivity contribution in [3.8, 4) is 22.8 Å². The fraction of sp³-hybridized carbons (Fsp3) is 0.111. The zero-order valence-electron chi connectivity index (χ0n) is 25.9. The van der Waals surface area contributed by atoms with Crippen molar-refractivity contribution in [2.75, 3.05) is 24.9 Å². The van der Waals surface area contributed by atoms with Crippen molar-refractivity contribution in [1.82, 2.24) is 10.3 Å². The first kappa shape index (κ1) is 33.0. The minimum atomic E-state index is -0.529. The molecule has 0 spiro atoms. The average molecular weight is 665 g/mol. The molecule has 5 aromatic rings. The topological polar surface area (TPSA) is 119 Å². The molecule has 1 atom stereocenters. The number of ether oxygens (including phenoxy) is 2. The Bertz CT molecular complexity index is 1880. The highest BCUT2D eigenvalue weighted by Gasteiger charge is 2.19. The van der Waals surface area contributed by atoms with Crippen molar-refractivity contribution in [2.24, 2.45) is 0 Å². The van der Waals surface area contributed by atoms with Gasteiger partial charge in [0.2, 0.25) is 5.91 Å². The van der Waals surface area contributed by atoms with Crippen LogP contribution in [0.3, 0.4) is 0 Å². The van der Waals surface area contributed by atoms with Crippen LogP contribution < -0.4 is 25.4 Å². The Balaban J connectivity index is 1.25. The first-order valence-electron chi connectivity index (χ1n) is 14.5. The molecule has 11 heteroatoms. The standard InChI is InChI=1S/C36H32N4O5S2/c1-23(33(41)40-36-39-31(22-46-36)24-10-6-4-7-11-24)47-29-18-15-27(16-19-29)37-35(43)30(38-34(42)25-12-8-5-9-13-25)20-26-14-17-28(44-2)21-32(26)45-3/h4-23H,1-3H3,(H,37,43)(H,38,42)(H,39,40,41)/b30-20-. The number of hydrogen-bond donors (Lipinski definition) is 3. The van der Waals surface area contributed by atoms with Gasteiger partial charge in [-0.25, -0.2) is 4.98 Å². The molecule has 4 aromatic carbocycles. The number of nitrogens with one attached hydrogen (secondary N) is 3. The first-order chi connectivity index (χ1) is 22.8. The normalized spacial score (nSPS) is 11.7. The molecule has 9 nitrogen and oxygen atoms in total. The maximum absolute atomic E-state index is 13.5. The van der Waals surface area contributed by atoms with Gasteiger partial charge in [-0.15, -0.1) is 23.1 Å². The Morgan fingerprint density at radius 2 is 1.55 bits per heavy atom. The Labute approximate surface area is 281 Å². The van der Waals surface area contributed by atoms with Crippen LogP contribution in [0.5, 0.6) is 11.5 Å². The van der Waals surface area contributed by atoms with Crippen molar-refractivity contribution in [3.05, 3.63) is 125 Å². The van der Waals surface area contributed by atoms with E-state index in [9.17, 15) is 14.4 Å². The highest BCUT2D eigenvalue weighted by atomic mass is 32.2. The van der Waals surface area contributed by atoms with Crippen LogP contribution in [0.15, 0.2) is 119 Å². The largest absolute Gasteiger partial charge is 0.497 e. The zero-order valence-corrected chi connectivity index (χ0v) is 27.5. The number of hydrogen-bond acceptors (Lipinski definition) is 8. The third kappa shape index (κ3) is 8.87. The summed E-state index contributed by atoms with van der Waals surface area (Å²) in [6.07, 6.45) is 1.55. The summed E-state index contributed by atoms with van der Waals surface area (Å²) < 4.78 is 10.8. The van der Waals surface area contributed by atoms with Gasteiger partial charge in [0, 0.05) is 38.7 Å². The second-order valence-corrected chi connectivity index (χ2v) is 12.4. The summed E-state index contributed by atoms with van der Waals surface area (Å²) in [6.45, 7) is 1.82. The number of methoxy groups -OCH3 is 2. The van der Waals surface area contributed by atoms with E-state index in [-0.39, 0.29) is 11.6 Å². The van der Waals surface area contributed by atoms with Gasteiger partial charge >= 0.3 is 0 Å². The van der Waals surface area contributed by atoms with Gasteiger partial charge in [0.15, 0.2) is 5.13 Å². The van der Waals surface area contributed by atoms with Crippen molar-refractivity contribution in [3.63, 3.8) is 0 Å². The monoisotopic (exact) mass is 664 g/mol. The van der Waals surface area contributed by atoms with Gasteiger partial charge in [-0.1, -0.05) is 48.5 Å². The number of nitrogens with zero attached hydrogens (tertiary/aromatic N) is 1. The predicted octanol–water partition coefficient (Wildman–Crippen LogP) is 7.36. The summed E-state index contributed by atoms with van der Waals surface area (Å²) in [7, 11) is 3.06. The van der Waals surface area contributed by atoms with Crippen LogP contribution in [0.1, 0.15) is 22.8 Å². The number of amides is 3. The van der Waals surface area contributed by atoms with Gasteiger partial charge in [0.1, 0.15) is 17.2 Å². The smallest absolute Gasteiger partial charge is 0.272 e. The Hall–Kier alpha value is -5.39. The third-order valence-electron chi connectivity index (χ3n) is 6.87. The van der Waals surface area contributed by atoms with E-state index in [1.807, 2.05) is 54.8 Å². The van der Waals surface area contributed by atoms with Gasteiger partial charge < -0.3 is 25.4 Å². The summed E-state index contributed by atoms with van der Waals surface area (Å²) >= 11 is 2.76. The van der Waals surface area contributed by atoms with Crippen LogP contribution in [0, 0.1) is 0 Å². The van der Waals surface area contributed by atoms with E-state index in [1.165, 1.54) is 30.2 Å². The fourth-order valence-corrected chi connectivity index (χ4v) is 5.98. The molecule has 47 heavy (non-hydrogen) atoms. The van der Waals surface area contributed by atoms with Gasteiger partial charge in [-0.05, 0) is 61.5 Å². The van der Waals surface area contributed by atoms with Crippen LogP contribution in [0.2, 0.25) is 0 Å². The molecule has 0 aliphatic rings. The summed E-state index contributed by atoms with van der Waals surface area (Å²) in [6, 6.07) is 30.7. The molecule has 0 aliphatic carbocycles. The number of aromatic nitrogens is 1. The lowest BCUT2D eigenvalue weighted by Gasteiger charge is -2.14. The molecule has 1 heterocycles. The lowest BCUT2D eigenvalue weighted by molar-refractivity contribution is -0.115. The number of benzene rings is 4. The van der Waals surface area contributed by atoms with Crippen LogP contribution in [0.4, 0.5) is 10.8 Å². The Morgan fingerprint density at radius 3 is 2.23 bits per heavy atom. The summed E-state index contributed by atoms with van der Waals surface area (Å²) in [5.41, 5.74) is 3.29. The molecule has 3 amide bonds. The SMILES string of the molecule is COc1ccc(/C=C(\NC(=O)c2ccccc2)C(=O)Nc2ccc(SC(C)C(=O)Nc3nc(-c4ccccc4)cs3)cc2)c(OC)c1. The first-order valence-corrected chi connectivity index (χ1v) is 16.3. The molecule has 3 N–H and O–H groups in total. The maximum Gasteiger partial charge on any atom is 0.272 e. The molecule has 0 radical (unpaired) electrons. The van der Waals surface area contributed by atoms with Crippen LogP contribution in [-0.2, 0) is 9.59 Å². The summed E-state index contributed by atoms with van der Waals surface area (Å²) in [5.74, 6) is -0.0801. The number of carbonyl (C=O) groups excluding carboxylic acids is 3. The average Bonchev–Trinajstić information content (AvgIpc) is 3.58. The molecule has 0 aliphatic heterocycles. The molecule has 0 saturated heterocycles. The molecule has 0 saturated carbocycles. The fourth-order valence-electron chi connectivity index (χ4n) is 4.39. The maximum atomic E-state index is 13.5. The number of anilines is 2. The summed E-state index contributed by atoms with van der Waals surface area (Å²) in [5, 5.41) is 10.5. The lowest BCUT2D eigenvalue weighted by atomic mass is 10.1. The van der Waals surface area contributed by atoms with E-state index < -0.39 is 17.1 Å². The molecule has 5 rings (SSSR count). The van der Waals surface area contributed by atoms with Gasteiger partial charge in [-0.3, -0.25) is 14.4 Å². The molecule has 238 valence electrons. The lowest BCUT2D eigenvalue weighted by Crippen LogP contribution is -2.30. The van der Waals surface area contributed by atoms with E-state index in [1.54, 1.807) is 73.8 Å². The molecular formula is C36H32N4O5S2. The highest BCUT2D eigenvalue weighted by molar-refractivity contribution is 8.00. The third-order valence-corrected chi connectivity index (χ3v) is 8.74. The van der Waals surface area contributed by atoms with Crippen LogP contribution >= 0.6 is 23.1 Å². The van der Waals surface area contributed by atoms with Gasteiger partial charge in [0.05, 0.1) is 25.2 Å². The van der Waals surface area contributed by atoms with Crippen molar-refractivity contribution in [2.45, 2.75) is 17.1 Å². The summed E-state index contributed by atoms with van der Waals surface area (Å²) in [4.78, 5) is 44.8. The number of rotatable bonds is 12. The van der Waals surface area contributed by atoms with E-state index >= 15 is 0 Å². The van der Waals surface area contributed by atoms with Gasteiger partial charge in [-0.2, -0.15) is 0 Å². The van der Waals surface area contributed by atoms with E-state index in [0.717, 1.165) is 16.2 Å². The van der Waals surface area contributed by atoms with E-state index in [4.69, 9.17) is 9.47 Å². The second-order valence-electron chi connectivity index (χ2n) is 10.1. The second kappa shape index (κ2) is 15.7. The Kier molecular flexibility index (Phi) is 11.1. The quantitative estimate of drug-likeness (QED) is 0.0943. The minimum absolute atomic E-state index is 0.0173. The molecule has 1 aromatic heterocycles. The highest BCUT2D eigenvalue weighted by Crippen LogP contribution is 2.29. The number of thioether (sulfide) groups is 1. The molecule has 0 bridgehead atoms. The number of carbonyl (C=O) groups is 3. The van der Waals surface area contributed by atoms with Crippen LogP contribution in [-0.4, -0.2) is 42.2 Å². The Morgan fingerprint density at radius 1 is 0.851 bits per heavy atom. The molecular weight excluding hydrogens is 633 g/mol. The zero-order chi connectivity index (χ0) is 33.2. The minimum Gasteiger partial charge on any atom is -0.497 e. The molecule has 0 fully saturated rings. The van der Waals surface area contributed by atoms with E-state index in [0.29, 0.717) is 33.4 Å². The molecule has 1 unspecified atom stereocenters. The predicted molar refractivity (Wildman–Crippen MR) is 188 cm³/mol. The van der Waals surface area contributed by atoms with Gasteiger partial charge in [0.25, 0.3) is 11.8 Å². The van der Waals surface area contributed by atoms with E-state index in [2.05, 4.69) is 20.9 Å².